The van der Waals surface area contributed by atoms with Crippen LogP contribution in [0.2, 0.25) is 0 Å². The molecule has 0 aliphatic carbocycles. The van der Waals surface area contributed by atoms with Gasteiger partial charge in [-0.3, -0.25) is 9.59 Å². The SMILES string of the molecule is Cl.O=C(CCC(=O)N1CCc2sccc2C1)NCC1CCCN1. The molecule has 1 atom stereocenters. The molecule has 2 aliphatic rings. The lowest BCUT2D eigenvalue weighted by molar-refractivity contribution is -0.134. The minimum atomic E-state index is -0.0183. The van der Waals surface area contributed by atoms with E-state index in [2.05, 4.69) is 22.1 Å². The van der Waals surface area contributed by atoms with Crippen molar-refractivity contribution in [2.45, 2.75) is 44.7 Å². The van der Waals surface area contributed by atoms with Gasteiger partial charge in [0.2, 0.25) is 11.8 Å². The summed E-state index contributed by atoms with van der Waals surface area (Å²) in [5.74, 6) is 0.0706. The van der Waals surface area contributed by atoms with Crippen LogP contribution in [-0.4, -0.2) is 42.4 Å². The van der Waals surface area contributed by atoms with Crippen molar-refractivity contribution < 1.29 is 9.59 Å². The predicted molar refractivity (Wildman–Crippen MR) is 94.0 cm³/mol. The minimum absolute atomic E-state index is 0. The molecule has 3 rings (SSSR count). The maximum absolute atomic E-state index is 12.2. The highest BCUT2D eigenvalue weighted by atomic mass is 35.5. The molecule has 0 bridgehead atoms. The molecule has 2 aliphatic heterocycles. The smallest absolute Gasteiger partial charge is 0.223 e. The van der Waals surface area contributed by atoms with E-state index in [9.17, 15) is 9.59 Å². The van der Waals surface area contributed by atoms with Crippen molar-refractivity contribution in [1.29, 1.82) is 0 Å². The number of nitrogens with one attached hydrogen (secondary N) is 2. The number of thiophene rings is 1. The third kappa shape index (κ3) is 4.93. The van der Waals surface area contributed by atoms with Crippen molar-refractivity contribution >= 4 is 35.6 Å². The minimum Gasteiger partial charge on any atom is -0.355 e. The summed E-state index contributed by atoms with van der Waals surface area (Å²) >= 11 is 1.77. The van der Waals surface area contributed by atoms with Gasteiger partial charge in [0.25, 0.3) is 0 Å². The molecule has 0 radical (unpaired) electrons. The number of carbonyl (C=O) groups excluding carboxylic acids is 2. The van der Waals surface area contributed by atoms with Crippen molar-refractivity contribution in [1.82, 2.24) is 15.5 Å². The van der Waals surface area contributed by atoms with Gasteiger partial charge in [-0.2, -0.15) is 0 Å². The van der Waals surface area contributed by atoms with Crippen LogP contribution in [0.3, 0.4) is 0 Å². The van der Waals surface area contributed by atoms with Crippen molar-refractivity contribution in [2.24, 2.45) is 0 Å². The summed E-state index contributed by atoms with van der Waals surface area (Å²) in [6.07, 6.45) is 3.84. The Hall–Kier alpha value is -1.11. The fourth-order valence-corrected chi connectivity index (χ4v) is 3.99. The van der Waals surface area contributed by atoms with Gasteiger partial charge in [0.1, 0.15) is 0 Å². The Morgan fingerprint density at radius 2 is 2.26 bits per heavy atom. The van der Waals surface area contributed by atoms with Crippen molar-refractivity contribution in [3.63, 3.8) is 0 Å². The number of carbonyl (C=O) groups is 2. The maximum atomic E-state index is 12.2. The van der Waals surface area contributed by atoms with E-state index < -0.39 is 0 Å². The molecular formula is C16H24ClN3O2S. The summed E-state index contributed by atoms with van der Waals surface area (Å²) in [6, 6.07) is 2.50. The molecule has 3 heterocycles. The average Bonchev–Trinajstić information content (AvgIpc) is 3.20. The van der Waals surface area contributed by atoms with Gasteiger partial charge in [0, 0.05) is 43.4 Å². The van der Waals surface area contributed by atoms with Gasteiger partial charge in [-0.15, -0.1) is 23.7 Å². The zero-order valence-electron chi connectivity index (χ0n) is 13.2. The van der Waals surface area contributed by atoms with Crippen molar-refractivity contribution in [2.75, 3.05) is 19.6 Å². The maximum Gasteiger partial charge on any atom is 0.223 e. The molecule has 0 aromatic carbocycles. The number of rotatable bonds is 5. The van der Waals surface area contributed by atoms with Gasteiger partial charge in [0.05, 0.1) is 0 Å². The van der Waals surface area contributed by atoms with Gasteiger partial charge in [-0.25, -0.2) is 0 Å². The van der Waals surface area contributed by atoms with Crippen LogP contribution in [0.1, 0.15) is 36.1 Å². The Kier molecular flexibility index (Phi) is 6.87. The van der Waals surface area contributed by atoms with Crippen LogP contribution >= 0.6 is 23.7 Å². The first-order chi connectivity index (χ1) is 10.7. The third-order valence-corrected chi connectivity index (χ3v) is 5.46. The van der Waals surface area contributed by atoms with E-state index in [1.807, 2.05) is 4.90 Å². The molecule has 2 N–H and O–H groups in total. The lowest BCUT2D eigenvalue weighted by Crippen LogP contribution is -2.38. The van der Waals surface area contributed by atoms with Gasteiger partial charge in [-0.1, -0.05) is 0 Å². The molecule has 1 fully saturated rings. The van der Waals surface area contributed by atoms with Crippen molar-refractivity contribution in [3.8, 4) is 0 Å². The second-order valence-electron chi connectivity index (χ2n) is 6.03. The highest BCUT2D eigenvalue weighted by molar-refractivity contribution is 7.10. The molecule has 1 saturated heterocycles. The van der Waals surface area contributed by atoms with E-state index in [4.69, 9.17) is 0 Å². The first kappa shape index (κ1) is 18.2. The lowest BCUT2D eigenvalue weighted by Gasteiger charge is -2.27. The first-order valence-electron chi connectivity index (χ1n) is 8.05. The number of halogens is 1. The van der Waals surface area contributed by atoms with Crippen LogP contribution in [0.25, 0.3) is 0 Å². The quantitative estimate of drug-likeness (QED) is 0.843. The largest absolute Gasteiger partial charge is 0.355 e. The van der Waals surface area contributed by atoms with Crippen LogP contribution in [0.15, 0.2) is 11.4 Å². The van der Waals surface area contributed by atoms with Gasteiger partial charge in [-0.05, 0) is 42.8 Å². The number of hydrogen-bond donors (Lipinski definition) is 2. The van der Waals surface area contributed by atoms with Gasteiger partial charge in [0.15, 0.2) is 0 Å². The average molecular weight is 358 g/mol. The van der Waals surface area contributed by atoms with Crippen LogP contribution in [0.4, 0.5) is 0 Å². The predicted octanol–water partition coefficient (Wildman–Crippen LogP) is 1.70. The summed E-state index contributed by atoms with van der Waals surface area (Å²) in [7, 11) is 0. The molecule has 0 spiro atoms. The zero-order chi connectivity index (χ0) is 15.4. The number of amides is 2. The fraction of sp³-hybridized carbons (Fsp3) is 0.625. The van der Waals surface area contributed by atoms with Crippen molar-refractivity contribution in [3.05, 3.63) is 21.9 Å². The molecule has 1 aromatic heterocycles. The summed E-state index contributed by atoms with van der Waals surface area (Å²) in [5.41, 5.74) is 1.27. The van der Waals surface area contributed by atoms with Gasteiger partial charge >= 0.3 is 0 Å². The highest BCUT2D eigenvalue weighted by Crippen LogP contribution is 2.24. The molecule has 2 amide bonds. The fourth-order valence-electron chi connectivity index (χ4n) is 3.10. The summed E-state index contributed by atoms with van der Waals surface area (Å²) in [5, 5.41) is 8.36. The standard InChI is InChI=1S/C16H23N3O2S.ClH/c20-15(18-10-13-2-1-7-17-13)3-4-16(21)19-8-5-14-12(11-19)6-9-22-14;/h6,9,13,17H,1-5,7-8,10-11H2,(H,18,20);1H. The van der Waals surface area contributed by atoms with Crippen LogP contribution < -0.4 is 10.6 Å². The number of nitrogens with zero attached hydrogens (tertiary/aromatic N) is 1. The molecule has 7 heteroatoms. The Balaban J connectivity index is 0.00000192. The van der Waals surface area contributed by atoms with E-state index in [0.717, 1.165) is 25.9 Å². The monoisotopic (exact) mass is 357 g/mol. The Morgan fingerprint density at radius 1 is 1.39 bits per heavy atom. The summed E-state index contributed by atoms with van der Waals surface area (Å²) < 4.78 is 0. The first-order valence-corrected chi connectivity index (χ1v) is 8.93. The van der Waals surface area contributed by atoms with E-state index in [1.54, 1.807) is 11.3 Å². The van der Waals surface area contributed by atoms with E-state index >= 15 is 0 Å². The number of hydrogen-bond acceptors (Lipinski definition) is 4. The van der Waals surface area contributed by atoms with E-state index in [1.165, 1.54) is 16.9 Å². The second-order valence-corrected chi connectivity index (χ2v) is 7.03. The molecule has 23 heavy (non-hydrogen) atoms. The topological polar surface area (TPSA) is 61.4 Å². The van der Waals surface area contributed by atoms with E-state index in [-0.39, 0.29) is 24.2 Å². The third-order valence-electron chi connectivity index (χ3n) is 4.43. The Labute approximate surface area is 147 Å². The zero-order valence-corrected chi connectivity index (χ0v) is 14.8. The number of fused-ring (bicyclic) bond motifs is 1. The Morgan fingerprint density at radius 3 is 3.04 bits per heavy atom. The molecule has 1 aromatic rings. The van der Waals surface area contributed by atoms with Crippen LogP contribution in [-0.2, 0) is 22.6 Å². The van der Waals surface area contributed by atoms with E-state index in [0.29, 0.717) is 32.0 Å². The Bertz CT molecular complexity index is 543. The molecule has 128 valence electrons. The highest BCUT2D eigenvalue weighted by Gasteiger charge is 2.22. The lowest BCUT2D eigenvalue weighted by atomic mass is 10.1. The normalized spacial score (nSPS) is 19.8. The summed E-state index contributed by atoms with van der Waals surface area (Å²) in [6.45, 7) is 3.19. The van der Waals surface area contributed by atoms with Gasteiger partial charge < -0.3 is 15.5 Å². The molecular weight excluding hydrogens is 334 g/mol. The van der Waals surface area contributed by atoms with Crippen LogP contribution in [0.5, 0.6) is 0 Å². The summed E-state index contributed by atoms with van der Waals surface area (Å²) in [4.78, 5) is 27.3. The second kappa shape index (κ2) is 8.66. The molecule has 5 nitrogen and oxygen atoms in total. The van der Waals surface area contributed by atoms with Crippen LogP contribution in [0, 0.1) is 0 Å². The molecule has 0 saturated carbocycles. The molecule has 1 unspecified atom stereocenters.